The van der Waals surface area contributed by atoms with Gasteiger partial charge in [0, 0.05) is 10.6 Å². The van der Waals surface area contributed by atoms with Gasteiger partial charge in [0.05, 0.1) is 11.6 Å². The number of ether oxygens (including phenoxy) is 1. The van der Waals surface area contributed by atoms with Gasteiger partial charge in [-0.15, -0.1) is 0 Å². The third kappa shape index (κ3) is 2.99. The summed E-state index contributed by atoms with van der Waals surface area (Å²) in [6.45, 7) is 0.0572. The zero-order valence-corrected chi connectivity index (χ0v) is 10.1. The molecule has 0 saturated heterocycles. The minimum atomic E-state index is -0.393. The fourth-order valence-corrected chi connectivity index (χ4v) is 1.65. The predicted octanol–water partition coefficient (Wildman–Crippen LogP) is 3.93. The SMILES string of the molecule is N#Cc1ccc(F)c(COc2cccc(Cl)c2)c1. The van der Waals surface area contributed by atoms with Gasteiger partial charge in [0.1, 0.15) is 18.2 Å². The van der Waals surface area contributed by atoms with Crippen molar-refractivity contribution in [1.29, 1.82) is 5.26 Å². The molecule has 0 saturated carbocycles. The average Bonchev–Trinajstić information content (AvgIpc) is 2.38. The minimum absolute atomic E-state index is 0.0572. The van der Waals surface area contributed by atoms with Crippen LogP contribution in [0, 0.1) is 17.1 Å². The van der Waals surface area contributed by atoms with E-state index in [1.807, 2.05) is 6.07 Å². The minimum Gasteiger partial charge on any atom is -0.489 e. The van der Waals surface area contributed by atoms with E-state index in [-0.39, 0.29) is 6.61 Å². The molecule has 0 heterocycles. The number of nitrogens with zero attached hydrogens (tertiary/aromatic N) is 1. The van der Waals surface area contributed by atoms with Crippen molar-refractivity contribution in [3.05, 3.63) is 64.4 Å². The van der Waals surface area contributed by atoms with Gasteiger partial charge in [-0.3, -0.25) is 0 Å². The summed E-state index contributed by atoms with van der Waals surface area (Å²) < 4.78 is 18.9. The lowest BCUT2D eigenvalue weighted by molar-refractivity contribution is 0.300. The van der Waals surface area contributed by atoms with E-state index in [4.69, 9.17) is 21.6 Å². The van der Waals surface area contributed by atoms with Crippen LogP contribution in [0.2, 0.25) is 5.02 Å². The molecule has 2 aromatic rings. The fourth-order valence-electron chi connectivity index (χ4n) is 1.47. The van der Waals surface area contributed by atoms with Crippen molar-refractivity contribution >= 4 is 11.6 Å². The average molecular weight is 262 g/mol. The molecular weight excluding hydrogens is 253 g/mol. The van der Waals surface area contributed by atoms with Crippen molar-refractivity contribution in [3.63, 3.8) is 0 Å². The summed E-state index contributed by atoms with van der Waals surface area (Å²) in [6.07, 6.45) is 0. The molecule has 0 radical (unpaired) electrons. The Kier molecular flexibility index (Phi) is 3.81. The smallest absolute Gasteiger partial charge is 0.129 e. The van der Waals surface area contributed by atoms with Crippen LogP contribution < -0.4 is 4.74 Å². The topological polar surface area (TPSA) is 33.0 Å². The Hall–Kier alpha value is -2.05. The Balaban J connectivity index is 2.13. The lowest BCUT2D eigenvalue weighted by atomic mass is 10.1. The van der Waals surface area contributed by atoms with Gasteiger partial charge in [0.15, 0.2) is 0 Å². The van der Waals surface area contributed by atoms with Gasteiger partial charge in [0.25, 0.3) is 0 Å². The first-order valence-corrected chi connectivity index (χ1v) is 5.64. The van der Waals surface area contributed by atoms with Crippen LogP contribution in [0.3, 0.4) is 0 Å². The first-order valence-electron chi connectivity index (χ1n) is 5.26. The molecule has 2 rings (SSSR count). The van der Waals surface area contributed by atoms with Gasteiger partial charge in [0.2, 0.25) is 0 Å². The summed E-state index contributed by atoms with van der Waals surface area (Å²) in [5.74, 6) is 0.167. The molecule has 0 aromatic heterocycles. The summed E-state index contributed by atoms with van der Waals surface area (Å²) in [4.78, 5) is 0. The first-order chi connectivity index (χ1) is 8.69. The van der Waals surface area contributed by atoms with Crippen LogP contribution in [-0.2, 0) is 6.61 Å². The Morgan fingerprint density at radius 3 is 2.78 bits per heavy atom. The van der Waals surface area contributed by atoms with E-state index in [1.54, 1.807) is 24.3 Å². The summed E-state index contributed by atoms with van der Waals surface area (Å²) in [7, 11) is 0. The van der Waals surface area contributed by atoms with E-state index in [0.717, 1.165) is 0 Å². The van der Waals surface area contributed by atoms with Crippen LogP contribution in [0.5, 0.6) is 5.75 Å². The number of rotatable bonds is 3. The standard InChI is InChI=1S/C14H9ClFNO/c15-12-2-1-3-13(7-12)18-9-11-6-10(8-17)4-5-14(11)16/h1-7H,9H2. The van der Waals surface area contributed by atoms with Crippen molar-refractivity contribution < 1.29 is 9.13 Å². The first kappa shape index (κ1) is 12.4. The van der Waals surface area contributed by atoms with Crippen LogP contribution in [0.15, 0.2) is 42.5 Å². The van der Waals surface area contributed by atoms with E-state index < -0.39 is 5.82 Å². The normalized spacial score (nSPS) is 9.83. The molecule has 0 unspecified atom stereocenters. The highest BCUT2D eigenvalue weighted by Crippen LogP contribution is 2.19. The molecule has 0 spiro atoms. The third-order valence-corrected chi connectivity index (χ3v) is 2.60. The van der Waals surface area contributed by atoms with Gasteiger partial charge < -0.3 is 4.74 Å². The van der Waals surface area contributed by atoms with Crippen LogP contribution in [0.25, 0.3) is 0 Å². The van der Waals surface area contributed by atoms with Crippen molar-refractivity contribution in [2.24, 2.45) is 0 Å². The van der Waals surface area contributed by atoms with Crippen LogP contribution in [0.4, 0.5) is 4.39 Å². The second kappa shape index (κ2) is 5.52. The zero-order chi connectivity index (χ0) is 13.0. The van der Waals surface area contributed by atoms with Gasteiger partial charge in [-0.1, -0.05) is 17.7 Å². The van der Waals surface area contributed by atoms with E-state index in [0.29, 0.717) is 21.9 Å². The highest BCUT2D eigenvalue weighted by atomic mass is 35.5. The highest BCUT2D eigenvalue weighted by molar-refractivity contribution is 6.30. The summed E-state index contributed by atoms with van der Waals surface area (Å²) >= 11 is 5.81. The Morgan fingerprint density at radius 1 is 1.22 bits per heavy atom. The van der Waals surface area contributed by atoms with E-state index in [9.17, 15) is 4.39 Å². The van der Waals surface area contributed by atoms with E-state index in [1.165, 1.54) is 18.2 Å². The second-order valence-corrected chi connectivity index (χ2v) is 4.10. The predicted molar refractivity (Wildman–Crippen MR) is 66.9 cm³/mol. The largest absolute Gasteiger partial charge is 0.489 e. The molecule has 18 heavy (non-hydrogen) atoms. The van der Waals surface area contributed by atoms with Crippen LogP contribution in [0.1, 0.15) is 11.1 Å². The van der Waals surface area contributed by atoms with Crippen molar-refractivity contribution in [2.75, 3.05) is 0 Å². The molecule has 2 nitrogen and oxygen atoms in total. The number of nitriles is 1. The van der Waals surface area contributed by atoms with Gasteiger partial charge in [-0.25, -0.2) is 4.39 Å². The molecule has 2 aromatic carbocycles. The molecule has 0 aliphatic rings. The van der Waals surface area contributed by atoms with Gasteiger partial charge >= 0.3 is 0 Å². The molecular formula is C14H9ClFNO. The molecule has 0 aliphatic heterocycles. The molecule has 0 amide bonds. The molecule has 0 fully saturated rings. The van der Waals surface area contributed by atoms with Crippen molar-refractivity contribution in [1.82, 2.24) is 0 Å². The number of hydrogen-bond donors (Lipinski definition) is 0. The van der Waals surface area contributed by atoms with Crippen molar-refractivity contribution in [2.45, 2.75) is 6.61 Å². The van der Waals surface area contributed by atoms with Crippen LogP contribution in [-0.4, -0.2) is 0 Å². The van der Waals surface area contributed by atoms with E-state index >= 15 is 0 Å². The molecule has 4 heteroatoms. The summed E-state index contributed by atoms with van der Waals surface area (Å²) in [6, 6.07) is 13.0. The third-order valence-electron chi connectivity index (χ3n) is 2.37. The maximum Gasteiger partial charge on any atom is 0.129 e. The number of benzene rings is 2. The van der Waals surface area contributed by atoms with Gasteiger partial charge in [-0.05, 0) is 36.4 Å². The monoisotopic (exact) mass is 261 g/mol. The Bertz CT molecular complexity index is 607. The maximum absolute atomic E-state index is 13.5. The summed E-state index contributed by atoms with van der Waals surface area (Å²) in [5, 5.41) is 9.30. The van der Waals surface area contributed by atoms with Gasteiger partial charge in [-0.2, -0.15) is 5.26 Å². The maximum atomic E-state index is 13.5. The summed E-state index contributed by atoms with van der Waals surface area (Å²) in [5.41, 5.74) is 0.745. The zero-order valence-electron chi connectivity index (χ0n) is 9.36. The molecule has 0 bridgehead atoms. The molecule has 0 N–H and O–H groups in total. The van der Waals surface area contributed by atoms with E-state index in [2.05, 4.69) is 0 Å². The second-order valence-electron chi connectivity index (χ2n) is 3.66. The van der Waals surface area contributed by atoms with Crippen molar-refractivity contribution in [3.8, 4) is 11.8 Å². The lowest BCUT2D eigenvalue weighted by Gasteiger charge is -2.07. The van der Waals surface area contributed by atoms with Crippen LogP contribution >= 0.6 is 11.6 Å². The molecule has 0 atom stereocenters. The highest BCUT2D eigenvalue weighted by Gasteiger charge is 2.05. The quantitative estimate of drug-likeness (QED) is 0.839. The lowest BCUT2D eigenvalue weighted by Crippen LogP contribution is -1.99. The Morgan fingerprint density at radius 2 is 2.06 bits per heavy atom. The number of halogens is 2. The molecule has 0 aliphatic carbocycles. The Labute approximate surface area is 109 Å². The number of hydrogen-bond acceptors (Lipinski definition) is 2. The molecule has 90 valence electrons. The fraction of sp³-hybridized carbons (Fsp3) is 0.0714.